The number of hydrogen-bond acceptors (Lipinski definition) is 2. The Kier molecular flexibility index (Phi) is 3.99. The van der Waals surface area contributed by atoms with Crippen LogP contribution >= 0.6 is 11.6 Å². The molecule has 0 aromatic heterocycles. The maximum absolute atomic E-state index is 12.0. The van der Waals surface area contributed by atoms with Crippen molar-refractivity contribution >= 4 is 17.9 Å². The molecule has 0 saturated carbocycles. The number of rotatable bonds is 3. The quantitative estimate of drug-likeness (QED) is 0.767. The molecule has 104 valence electrons. The van der Waals surface area contributed by atoms with E-state index < -0.39 is 6.36 Å². The van der Waals surface area contributed by atoms with Gasteiger partial charge in [-0.25, -0.2) is 0 Å². The normalized spacial score (nSPS) is 11.2. The van der Waals surface area contributed by atoms with E-state index in [4.69, 9.17) is 11.6 Å². The Hall–Kier alpha value is -2.01. The van der Waals surface area contributed by atoms with Crippen molar-refractivity contribution in [2.75, 3.05) is 0 Å². The van der Waals surface area contributed by atoms with Crippen molar-refractivity contribution in [2.24, 2.45) is 0 Å². The molecule has 2 nitrogen and oxygen atoms in total. The summed E-state index contributed by atoms with van der Waals surface area (Å²) in [5.74, 6) is -0.295. The first-order valence-electron chi connectivity index (χ1n) is 5.50. The Morgan fingerprint density at radius 2 is 1.60 bits per heavy atom. The van der Waals surface area contributed by atoms with Crippen LogP contribution in [-0.2, 0) is 0 Å². The molecule has 0 atom stereocenters. The Morgan fingerprint density at radius 3 is 2.10 bits per heavy atom. The number of hydrogen-bond donors (Lipinski definition) is 0. The lowest BCUT2D eigenvalue weighted by molar-refractivity contribution is -0.274. The van der Waals surface area contributed by atoms with Crippen molar-refractivity contribution in [3.05, 3.63) is 53.1 Å². The first-order valence-corrected chi connectivity index (χ1v) is 5.88. The smallest absolute Gasteiger partial charge is 0.406 e. The molecule has 0 aliphatic heterocycles. The topological polar surface area (TPSA) is 26.3 Å². The number of benzene rings is 2. The maximum atomic E-state index is 12.0. The van der Waals surface area contributed by atoms with Gasteiger partial charge < -0.3 is 4.74 Å². The highest BCUT2D eigenvalue weighted by Gasteiger charge is 2.30. The number of carbonyl (C=O) groups excluding carboxylic acids is 1. The molecule has 0 fully saturated rings. The molecule has 0 bridgehead atoms. The molecule has 0 N–H and O–H groups in total. The molecule has 0 amide bonds. The average molecular weight is 301 g/mol. The van der Waals surface area contributed by atoms with Gasteiger partial charge in [-0.2, -0.15) is 0 Å². The van der Waals surface area contributed by atoms with E-state index in [1.165, 1.54) is 24.3 Å². The maximum Gasteiger partial charge on any atom is 0.573 e. The standard InChI is InChI=1S/C14H8ClF3O2/c15-13-7-10(1-2-11(13)8-19)9-3-5-12(6-4-9)20-14(16,17)18/h1-8H. The zero-order valence-electron chi connectivity index (χ0n) is 9.95. The molecule has 0 heterocycles. The molecule has 0 saturated heterocycles. The van der Waals surface area contributed by atoms with Crippen LogP contribution in [-0.4, -0.2) is 12.6 Å². The van der Waals surface area contributed by atoms with Gasteiger partial charge in [0.25, 0.3) is 0 Å². The van der Waals surface area contributed by atoms with Crippen molar-refractivity contribution in [1.29, 1.82) is 0 Å². The third-order valence-corrected chi connectivity index (χ3v) is 2.88. The third-order valence-electron chi connectivity index (χ3n) is 2.55. The van der Waals surface area contributed by atoms with E-state index in [2.05, 4.69) is 4.74 Å². The predicted octanol–water partition coefficient (Wildman–Crippen LogP) is 4.72. The van der Waals surface area contributed by atoms with Gasteiger partial charge in [-0.3, -0.25) is 4.79 Å². The summed E-state index contributed by atoms with van der Waals surface area (Å²) < 4.78 is 39.9. The SMILES string of the molecule is O=Cc1ccc(-c2ccc(OC(F)(F)F)cc2)cc1Cl. The van der Waals surface area contributed by atoms with Crippen molar-refractivity contribution < 1.29 is 22.7 Å². The highest BCUT2D eigenvalue weighted by molar-refractivity contribution is 6.33. The molecule has 2 aromatic rings. The molecule has 0 radical (unpaired) electrons. The first-order chi connectivity index (χ1) is 9.39. The van der Waals surface area contributed by atoms with Crippen LogP contribution in [0, 0.1) is 0 Å². The van der Waals surface area contributed by atoms with E-state index in [0.29, 0.717) is 23.0 Å². The van der Waals surface area contributed by atoms with E-state index >= 15 is 0 Å². The Labute approximate surface area is 117 Å². The van der Waals surface area contributed by atoms with Crippen LogP contribution in [0.1, 0.15) is 10.4 Å². The van der Waals surface area contributed by atoms with Crippen molar-refractivity contribution in [2.45, 2.75) is 6.36 Å². The lowest BCUT2D eigenvalue weighted by Gasteiger charge is -2.09. The van der Waals surface area contributed by atoms with Gasteiger partial charge in [-0.15, -0.1) is 13.2 Å². The zero-order valence-corrected chi connectivity index (χ0v) is 10.7. The summed E-state index contributed by atoms with van der Waals surface area (Å²) in [5, 5.41) is 0.285. The van der Waals surface area contributed by atoms with Crippen molar-refractivity contribution in [3.8, 4) is 16.9 Å². The number of carbonyl (C=O) groups is 1. The van der Waals surface area contributed by atoms with Crippen LogP contribution in [0.3, 0.4) is 0 Å². The van der Waals surface area contributed by atoms with Gasteiger partial charge in [-0.05, 0) is 35.4 Å². The lowest BCUT2D eigenvalue weighted by Crippen LogP contribution is -2.16. The van der Waals surface area contributed by atoms with E-state index in [-0.39, 0.29) is 10.8 Å². The minimum atomic E-state index is -4.71. The third kappa shape index (κ3) is 3.51. The first kappa shape index (κ1) is 14.4. The molecule has 20 heavy (non-hydrogen) atoms. The van der Waals surface area contributed by atoms with Crippen molar-refractivity contribution in [3.63, 3.8) is 0 Å². The van der Waals surface area contributed by atoms with E-state index in [1.807, 2.05) is 0 Å². The molecule has 0 aliphatic carbocycles. The molecule has 0 aliphatic rings. The van der Waals surface area contributed by atoms with Gasteiger partial charge in [0.1, 0.15) is 5.75 Å². The minimum absolute atomic E-state index is 0.285. The lowest BCUT2D eigenvalue weighted by atomic mass is 10.0. The van der Waals surface area contributed by atoms with Gasteiger partial charge in [0, 0.05) is 5.56 Å². The van der Waals surface area contributed by atoms with Gasteiger partial charge >= 0.3 is 6.36 Å². The van der Waals surface area contributed by atoms with Crippen LogP contribution in [0.2, 0.25) is 5.02 Å². The van der Waals surface area contributed by atoms with Crippen LogP contribution in [0.25, 0.3) is 11.1 Å². The van der Waals surface area contributed by atoms with Crippen LogP contribution in [0.4, 0.5) is 13.2 Å². The van der Waals surface area contributed by atoms with Gasteiger partial charge in [0.15, 0.2) is 6.29 Å². The van der Waals surface area contributed by atoms with Crippen molar-refractivity contribution in [1.82, 2.24) is 0 Å². The van der Waals surface area contributed by atoms with E-state index in [1.54, 1.807) is 18.2 Å². The summed E-state index contributed by atoms with van der Waals surface area (Å²) in [6, 6.07) is 10.2. The van der Waals surface area contributed by atoms with Crippen LogP contribution < -0.4 is 4.74 Å². The summed E-state index contributed by atoms with van der Waals surface area (Å²) in [6.07, 6.45) is -4.08. The molecule has 2 aromatic carbocycles. The fourth-order valence-electron chi connectivity index (χ4n) is 1.65. The molecule has 0 unspecified atom stereocenters. The largest absolute Gasteiger partial charge is 0.573 e. The summed E-state index contributed by atoms with van der Waals surface area (Å²) in [7, 11) is 0. The highest BCUT2D eigenvalue weighted by Crippen LogP contribution is 2.28. The second-order valence-electron chi connectivity index (χ2n) is 3.93. The summed E-state index contributed by atoms with van der Waals surface area (Å²) >= 11 is 5.89. The van der Waals surface area contributed by atoms with Gasteiger partial charge in [0.2, 0.25) is 0 Å². The molecule has 2 rings (SSSR count). The fraction of sp³-hybridized carbons (Fsp3) is 0.0714. The minimum Gasteiger partial charge on any atom is -0.406 e. The Balaban J connectivity index is 2.26. The zero-order chi connectivity index (χ0) is 14.8. The van der Waals surface area contributed by atoms with Gasteiger partial charge in [0.05, 0.1) is 5.02 Å². The Bertz CT molecular complexity index is 621. The summed E-state index contributed by atoms with van der Waals surface area (Å²) in [4.78, 5) is 10.6. The number of alkyl halides is 3. The van der Waals surface area contributed by atoms with Crippen LogP contribution in [0.5, 0.6) is 5.75 Å². The second kappa shape index (κ2) is 5.54. The van der Waals surface area contributed by atoms with Crippen LogP contribution in [0.15, 0.2) is 42.5 Å². The second-order valence-corrected chi connectivity index (χ2v) is 4.33. The average Bonchev–Trinajstić information content (AvgIpc) is 2.37. The monoisotopic (exact) mass is 300 g/mol. The number of aldehydes is 1. The molecular weight excluding hydrogens is 293 g/mol. The van der Waals surface area contributed by atoms with Gasteiger partial charge in [-0.1, -0.05) is 29.8 Å². The summed E-state index contributed by atoms with van der Waals surface area (Å²) in [6.45, 7) is 0. The predicted molar refractivity (Wildman–Crippen MR) is 69.0 cm³/mol. The molecule has 0 spiro atoms. The molecular formula is C14H8ClF3O2. The highest BCUT2D eigenvalue weighted by atomic mass is 35.5. The van der Waals surface area contributed by atoms with E-state index in [9.17, 15) is 18.0 Å². The summed E-state index contributed by atoms with van der Waals surface area (Å²) in [5.41, 5.74) is 1.71. The fourth-order valence-corrected chi connectivity index (χ4v) is 1.88. The Morgan fingerprint density at radius 1 is 1.00 bits per heavy atom. The van der Waals surface area contributed by atoms with E-state index in [0.717, 1.165) is 0 Å². The number of halogens is 4. The number of ether oxygens (including phenoxy) is 1. The molecule has 6 heteroatoms.